The Morgan fingerprint density at radius 2 is 1.89 bits per heavy atom. The quantitative estimate of drug-likeness (QED) is 0.699. The minimum atomic E-state index is 0.134. The Hall–Kier alpha value is -1.08. The van der Waals surface area contributed by atoms with Gasteiger partial charge in [0.2, 0.25) is 0 Å². The highest BCUT2D eigenvalue weighted by Crippen LogP contribution is 2.32. The average Bonchev–Trinajstić information content (AvgIpc) is 2.32. The van der Waals surface area contributed by atoms with Crippen LogP contribution in [0.15, 0.2) is 18.2 Å². The van der Waals surface area contributed by atoms with Crippen LogP contribution in [0.25, 0.3) is 10.9 Å². The van der Waals surface area contributed by atoms with Gasteiger partial charge in [0.15, 0.2) is 0 Å². The number of benzene rings is 1. The average molecular weight is 262 g/mol. The first-order chi connectivity index (χ1) is 8.34. The lowest BCUT2D eigenvalue weighted by atomic mass is 9.86. The Kier molecular flexibility index (Phi) is 3.37. The maximum atomic E-state index is 6.49. The molecule has 0 fully saturated rings. The van der Waals surface area contributed by atoms with Gasteiger partial charge in [-0.2, -0.15) is 0 Å². The number of pyridine rings is 1. The normalized spacial score (nSPS) is 12.1. The third kappa shape index (κ3) is 2.24. The van der Waals surface area contributed by atoms with E-state index in [2.05, 4.69) is 52.8 Å². The van der Waals surface area contributed by atoms with Crippen LogP contribution in [0, 0.1) is 6.92 Å². The lowest BCUT2D eigenvalue weighted by Gasteiger charge is -2.20. The van der Waals surface area contributed by atoms with E-state index < -0.39 is 0 Å². The van der Waals surface area contributed by atoms with Crippen molar-refractivity contribution in [1.82, 2.24) is 4.98 Å². The smallest absolute Gasteiger partial charge is 0.0720 e. The van der Waals surface area contributed by atoms with Gasteiger partial charge < -0.3 is 0 Å². The predicted molar refractivity (Wildman–Crippen MR) is 79.6 cm³/mol. The summed E-state index contributed by atoms with van der Waals surface area (Å²) in [6, 6.07) is 6.41. The molecule has 96 valence electrons. The molecule has 1 aromatic carbocycles. The van der Waals surface area contributed by atoms with Gasteiger partial charge in [-0.15, -0.1) is 0 Å². The molecule has 0 atom stereocenters. The number of hydrogen-bond acceptors (Lipinski definition) is 1. The number of nitrogens with zero attached hydrogens (tertiary/aromatic N) is 1. The second-order valence-electron chi connectivity index (χ2n) is 5.83. The first-order valence-corrected chi connectivity index (χ1v) is 6.81. The number of aryl methyl sites for hydroxylation is 1. The molecule has 0 spiro atoms. The highest BCUT2D eigenvalue weighted by atomic mass is 35.5. The van der Waals surface area contributed by atoms with Crippen molar-refractivity contribution in [2.75, 3.05) is 0 Å². The van der Waals surface area contributed by atoms with E-state index in [1.807, 2.05) is 0 Å². The van der Waals surface area contributed by atoms with E-state index in [-0.39, 0.29) is 5.41 Å². The van der Waals surface area contributed by atoms with Gasteiger partial charge >= 0.3 is 0 Å². The standard InChI is InChI=1S/C16H20ClN/c1-6-13-10(2)15(17)12-9-11(16(3,4)5)7-8-14(12)18-13/h7-9H,6H2,1-5H3. The molecule has 0 aliphatic heterocycles. The lowest BCUT2D eigenvalue weighted by Crippen LogP contribution is -2.10. The molecule has 2 rings (SSSR count). The van der Waals surface area contributed by atoms with Gasteiger partial charge in [-0.1, -0.05) is 45.4 Å². The summed E-state index contributed by atoms with van der Waals surface area (Å²) in [4.78, 5) is 4.69. The molecule has 0 N–H and O–H groups in total. The van der Waals surface area contributed by atoms with E-state index in [0.29, 0.717) is 0 Å². The fraction of sp³-hybridized carbons (Fsp3) is 0.438. The van der Waals surface area contributed by atoms with Crippen molar-refractivity contribution in [2.45, 2.75) is 46.5 Å². The first-order valence-electron chi connectivity index (χ1n) is 6.43. The lowest BCUT2D eigenvalue weighted by molar-refractivity contribution is 0.591. The van der Waals surface area contributed by atoms with Crippen molar-refractivity contribution in [2.24, 2.45) is 0 Å². The molecular weight excluding hydrogens is 242 g/mol. The molecular formula is C16H20ClN. The Labute approximate surface area is 114 Å². The molecule has 2 heteroatoms. The van der Waals surface area contributed by atoms with Crippen LogP contribution in [0.2, 0.25) is 5.02 Å². The van der Waals surface area contributed by atoms with Crippen LogP contribution in [0.4, 0.5) is 0 Å². The van der Waals surface area contributed by atoms with E-state index >= 15 is 0 Å². The van der Waals surface area contributed by atoms with Crippen molar-refractivity contribution in [1.29, 1.82) is 0 Å². The molecule has 1 nitrogen and oxygen atoms in total. The Bertz CT molecular complexity index is 594. The summed E-state index contributed by atoms with van der Waals surface area (Å²) in [5, 5.41) is 1.92. The molecule has 0 bridgehead atoms. The SMILES string of the molecule is CCc1nc2ccc(C(C)(C)C)cc2c(Cl)c1C. The number of rotatable bonds is 1. The van der Waals surface area contributed by atoms with Crippen LogP contribution in [0.3, 0.4) is 0 Å². The summed E-state index contributed by atoms with van der Waals surface area (Å²) in [5.41, 5.74) is 4.63. The molecule has 1 aromatic heterocycles. The first kappa shape index (κ1) is 13.4. The third-order valence-electron chi connectivity index (χ3n) is 3.45. The zero-order chi connectivity index (χ0) is 13.5. The summed E-state index contributed by atoms with van der Waals surface area (Å²) in [7, 11) is 0. The molecule has 1 heterocycles. The van der Waals surface area contributed by atoms with E-state index in [0.717, 1.165) is 33.6 Å². The summed E-state index contributed by atoms with van der Waals surface area (Å²) < 4.78 is 0. The van der Waals surface area contributed by atoms with Crippen LogP contribution in [-0.2, 0) is 11.8 Å². The highest BCUT2D eigenvalue weighted by molar-refractivity contribution is 6.36. The minimum Gasteiger partial charge on any atom is -0.252 e. The second kappa shape index (κ2) is 4.55. The van der Waals surface area contributed by atoms with Gasteiger partial charge in [-0.05, 0) is 42.0 Å². The monoisotopic (exact) mass is 261 g/mol. The van der Waals surface area contributed by atoms with Crippen molar-refractivity contribution < 1.29 is 0 Å². The van der Waals surface area contributed by atoms with Gasteiger partial charge in [-0.25, -0.2) is 0 Å². The number of hydrogen-bond donors (Lipinski definition) is 0. The Morgan fingerprint density at radius 1 is 1.22 bits per heavy atom. The van der Waals surface area contributed by atoms with Crippen LogP contribution < -0.4 is 0 Å². The van der Waals surface area contributed by atoms with E-state index in [1.165, 1.54) is 5.56 Å². The number of fused-ring (bicyclic) bond motifs is 1. The molecule has 0 radical (unpaired) electrons. The summed E-state index contributed by atoms with van der Waals surface area (Å²) >= 11 is 6.49. The Morgan fingerprint density at radius 3 is 2.44 bits per heavy atom. The molecule has 0 aliphatic rings. The maximum Gasteiger partial charge on any atom is 0.0720 e. The summed E-state index contributed by atoms with van der Waals surface area (Å²) in [6.07, 6.45) is 0.919. The van der Waals surface area contributed by atoms with Gasteiger partial charge in [0.05, 0.1) is 10.5 Å². The topological polar surface area (TPSA) is 12.9 Å². The van der Waals surface area contributed by atoms with Crippen LogP contribution >= 0.6 is 11.6 Å². The molecule has 18 heavy (non-hydrogen) atoms. The minimum absolute atomic E-state index is 0.134. The molecule has 0 unspecified atom stereocenters. The van der Waals surface area contributed by atoms with Gasteiger partial charge in [-0.3, -0.25) is 4.98 Å². The molecule has 0 saturated heterocycles. The van der Waals surface area contributed by atoms with Crippen LogP contribution in [0.5, 0.6) is 0 Å². The maximum absolute atomic E-state index is 6.49. The van der Waals surface area contributed by atoms with Crippen LogP contribution in [0.1, 0.15) is 44.5 Å². The van der Waals surface area contributed by atoms with Crippen molar-refractivity contribution >= 4 is 22.5 Å². The van der Waals surface area contributed by atoms with Crippen molar-refractivity contribution in [3.63, 3.8) is 0 Å². The fourth-order valence-electron chi connectivity index (χ4n) is 2.18. The van der Waals surface area contributed by atoms with E-state index in [1.54, 1.807) is 0 Å². The molecule has 0 saturated carbocycles. The zero-order valence-corrected chi connectivity index (χ0v) is 12.5. The van der Waals surface area contributed by atoms with E-state index in [4.69, 9.17) is 16.6 Å². The van der Waals surface area contributed by atoms with Crippen molar-refractivity contribution in [3.05, 3.63) is 40.0 Å². The zero-order valence-electron chi connectivity index (χ0n) is 11.8. The predicted octanol–water partition coefficient (Wildman–Crippen LogP) is 5.06. The van der Waals surface area contributed by atoms with Gasteiger partial charge in [0, 0.05) is 11.1 Å². The second-order valence-corrected chi connectivity index (χ2v) is 6.21. The number of halogens is 1. The fourth-order valence-corrected chi connectivity index (χ4v) is 2.44. The number of aromatic nitrogens is 1. The van der Waals surface area contributed by atoms with E-state index in [9.17, 15) is 0 Å². The largest absolute Gasteiger partial charge is 0.252 e. The molecule has 2 aromatic rings. The highest BCUT2D eigenvalue weighted by Gasteiger charge is 2.16. The van der Waals surface area contributed by atoms with Crippen molar-refractivity contribution in [3.8, 4) is 0 Å². The third-order valence-corrected chi connectivity index (χ3v) is 3.94. The Balaban J connectivity index is 2.75. The molecule has 0 aliphatic carbocycles. The van der Waals surface area contributed by atoms with Gasteiger partial charge in [0.25, 0.3) is 0 Å². The molecule has 0 amide bonds. The summed E-state index contributed by atoms with van der Waals surface area (Å²) in [6.45, 7) is 10.8. The summed E-state index contributed by atoms with van der Waals surface area (Å²) in [5.74, 6) is 0. The van der Waals surface area contributed by atoms with Gasteiger partial charge in [0.1, 0.15) is 0 Å². The van der Waals surface area contributed by atoms with Crippen LogP contribution in [-0.4, -0.2) is 4.98 Å².